The number of nitrogens with two attached hydrogens (primary N) is 1. The molecule has 1 heterocycles. The van der Waals surface area contributed by atoms with Gasteiger partial charge in [0, 0.05) is 21.1 Å². The number of halogens is 2. The molecule has 0 aliphatic rings. The van der Waals surface area contributed by atoms with Gasteiger partial charge in [0.05, 0.1) is 18.8 Å². The standard InChI is InChI=1S/C11H11BrClN3O/c12-9-5-7(13)1-2-8(9)10-6-11(14)16(15-10)3-4-17/h1-2,5-6,17H,3-4,14H2. The minimum absolute atomic E-state index is 0.00705. The number of anilines is 1. The minimum atomic E-state index is 0.00705. The molecule has 0 spiro atoms. The quantitative estimate of drug-likeness (QED) is 0.914. The van der Waals surface area contributed by atoms with Crippen LogP contribution in [0.5, 0.6) is 0 Å². The monoisotopic (exact) mass is 315 g/mol. The summed E-state index contributed by atoms with van der Waals surface area (Å²) < 4.78 is 2.43. The first kappa shape index (κ1) is 12.4. The van der Waals surface area contributed by atoms with E-state index in [4.69, 9.17) is 22.4 Å². The molecule has 1 aromatic heterocycles. The van der Waals surface area contributed by atoms with Crippen molar-refractivity contribution in [2.75, 3.05) is 12.3 Å². The van der Waals surface area contributed by atoms with Crippen molar-refractivity contribution in [3.8, 4) is 11.3 Å². The van der Waals surface area contributed by atoms with E-state index in [2.05, 4.69) is 21.0 Å². The minimum Gasteiger partial charge on any atom is -0.394 e. The molecule has 17 heavy (non-hydrogen) atoms. The first-order valence-corrected chi connectivity index (χ1v) is 6.18. The molecule has 4 nitrogen and oxygen atoms in total. The summed E-state index contributed by atoms with van der Waals surface area (Å²) in [6.07, 6.45) is 0. The Morgan fingerprint density at radius 1 is 1.41 bits per heavy atom. The summed E-state index contributed by atoms with van der Waals surface area (Å²) in [5, 5.41) is 13.8. The summed E-state index contributed by atoms with van der Waals surface area (Å²) >= 11 is 9.31. The van der Waals surface area contributed by atoms with Crippen molar-refractivity contribution in [1.29, 1.82) is 0 Å². The number of nitrogen functional groups attached to an aromatic ring is 1. The van der Waals surface area contributed by atoms with Gasteiger partial charge in [-0.2, -0.15) is 5.10 Å². The van der Waals surface area contributed by atoms with Crippen LogP contribution in [-0.2, 0) is 6.54 Å². The van der Waals surface area contributed by atoms with E-state index in [0.717, 1.165) is 15.7 Å². The maximum atomic E-state index is 8.87. The van der Waals surface area contributed by atoms with E-state index in [9.17, 15) is 0 Å². The van der Waals surface area contributed by atoms with E-state index in [-0.39, 0.29) is 6.61 Å². The molecule has 0 amide bonds. The Hall–Kier alpha value is -1.04. The largest absolute Gasteiger partial charge is 0.394 e. The molecule has 0 bridgehead atoms. The fraction of sp³-hybridized carbons (Fsp3) is 0.182. The zero-order valence-electron chi connectivity index (χ0n) is 8.90. The van der Waals surface area contributed by atoms with E-state index < -0.39 is 0 Å². The second-order valence-corrected chi connectivity index (χ2v) is 4.82. The third-order valence-electron chi connectivity index (χ3n) is 2.33. The lowest BCUT2D eigenvalue weighted by molar-refractivity contribution is 0.270. The van der Waals surface area contributed by atoms with E-state index in [0.29, 0.717) is 17.4 Å². The topological polar surface area (TPSA) is 64.1 Å². The molecular weight excluding hydrogens is 305 g/mol. The SMILES string of the molecule is Nc1cc(-c2ccc(Cl)cc2Br)nn1CCO. The number of hydrogen-bond acceptors (Lipinski definition) is 3. The highest BCUT2D eigenvalue weighted by Gasteiger charge is 2.10. The third-order valence-corrected chi connectivity index (χ3v) is 3.22. The van der Waals surface area contributed by atoms with Crippen LogP contribution in [-0.4, -0.2) is 21.5 Å². The lowest BCUT2D eigenvalue weighted by Gasteiger charge is -2.01. The van der Waals surface area contributed by atoms with Crippen molar-refractivity contribution in [1.82, 2.24) is 9.78 Å². The average Bonchev–Trinajstić information content (AvgIpc) is 2.60. The summed E-state index contributed by atoms with van der Waals surface area (Å²) in [5.41, 5.74) is 7.46. The number of hydrogen-bond donors (Lipinski definition) is 2. The molecular formula is C11H11BrClN3O. The van der Waals surface area contributed by atoms with Gasteiger partial charge >= 0.3 is 0 Å². The van der Waals surface area contributed by atoms with Gasteiger partial charge in [-0.05, 0) is 12.1 Å². The van der Waals surface area contributed by atoms with Gasteiger partial charge < -0.3 is 10.8 Å². The van der Waals surface area contributed by atoms with Crippen molar-refractivity contribution in [3.63, 3.8) is 0 Å². The van der Waals surface area contributed by atoms with Crippen molar-refractivity contribution in [2.24, 2.45) is 0 Å². The highest BCUT2D eigenvalue weighted by molar-refractivity contribution is 9.10. The molecule has 0 atom stereocenters. The van der Waals surface area contributed by atoms with Gasteiger partial charge in [0.1, 0.15) is 5.82 Å². The van der Waals surface area contributed by atoms with Gasteiger partial charge in [0.15, 0.2) is 0 Å². The Bertz CT molecular complexity index is 542. The lowest BCUT2D eigenvalue weighted by Crippen LogP contribution is -2.07. The second-order valence-electron chi connectivity index (χ2n) is 3.53. The van der Waals surface area contributed by atoms with E-state index in [1.54, 1.807) is 22.9 Å². The molecule has 0 saturated carbocycles. The molecule has 0 aliphatic heterocycles. The van der Waals surface area contributed by atoms with Gasteiger partial charge in [-0.15, -0.1) is 0 Å². The summed E-state index contributed by atoms with van der Waals surface area (Å²) in [4.78, 5) is 0. The molecule has 0 aliphatic carbocycles. The Morgan fingerprint density at radius 3 is 2.82 bits per heavy atom. The highest BCUT2D eigenvalue weighted by atomic mass is 79.9. The average molecular weight is 317 g/mol. The highest BCUT2D eigenvalue weighted by Crippen LogP contribution is 2.30. The lowest BCUT2D eigenvalue weighted by atomic mass is 10.1. The number of aliphatic hydroxyl groups excluding tert-OH is 1. The number of aromatic nitrogens is 2. The molecule has 1 aromatic carbocycles. The Kier molecular flexibility index (Phi) is 3.71. The van der Waals surface area contributed by atoms with E-state index >= 15 is 0 Å². The van der Waals surface area contributed by atoms with E-state index in [1.807, 2.05) is 6.07 Å². The Balaban J connectivity index is 2.42. The zero-order chi connectivity index (χ0) is 12.4. The first-order valence-electron chi connectivity index (χ1n) is 5.01. The van der Waals surface area contributed by atoms with Crippen LogP contribution >= 0.6 is 27.5 Å². The summed E-state index contributed by atoms with van der Waals surface area (Å²) in [5.74, 6) is 0.524. The molecule has 2 rings (SSSR count). The third kappa shape index (κ3) is 2.62. The Morgan fingerprint density at radius 2 is 2.18 bits per heavy atom. The molecule has 0 radical (unpaired) electrons. The fourth-order valence-corrected chi connectivity index (χ4v) is 2.42. The number of rotatable bonds is 3. The summed E-state index contributed by atoms with van der Waals surface area (Å²) in [6, 6.07) is 7.24. The molecule has 0 fully saturated rings. The van der Waals surface area contributed by atoms with Crippen molar-refractivity contribution in [3.05, 3.63) is 33.8 Å². The van der Waals surface area contributed by atoms with E-state index in [1.165, 1.54) is 0 Å². The molecule has 6 heteroatoms. The van der Waals surface area contributed by atoms with Crippen LogP contribution in [0.25, 0.3) is 11.3 Å². The van der Waals surface area contributed by atoms with Crippen molar-refractivity contribution >= 4 is 33.3 Å². The van der Waals surface area contributed by atoms with Gasteiger partial charge in [0.2, 0.25) is 0 Å². The van der Waals surface area contributed by atoms with Gasteiger partial charge in [0.25, 0.3) is 0 Å². The predicted molar refractivity (Wildman–Crippen MR) is 71.9 cm³/mol. The summed E-state index contributed by atoms with van der Waals surface area (Å²) in [6.45, 7) is 0.393. The normalized spacial score (nSPS) is 10.8. The van der Waals surface area contributed by atoms with Crippen molar-refractivity contribution in [2.45, 2.75) is 6.54 Å². The van der Waals surface area contributed by atoms with Crippen LogP contribution in [0.2, 0.25) is 5.02 Å². The summed E-state index contributed by atoms with van der Waals surface area (Å²) in [7, 11) is 0. The van der Waals surface area contributed by atoms with Crippen LogP contribution in [0.15, 0.2) is 28.7 Å². The predicted octanol–water partition coefficient (Wildman–Crippen LogP) is 2.54. The maximum Gasteiger partial charge on any atom is 0.122 e. The zero-order valence-corrected chi connectivity index (χ0v) is 11.2. The number of benzene rings is 1. The van der Waals surface area contributed by atoms with Gasteiger partial charge in [-0.3, -0.25) is 0 Å². The van der Waals surface area contributed by atoms with Crippen LogP contribution in [0.1, 0.15) is 0 Å². The Labute approximate surface area is 112 Å². The molecule has 0 unspecified atom stereocenters. The second kappa shape index (κ2) is 5.08. The molecule has 2 aromatic rings. The fourth-order valence-electron chi connectivity index (χ4n) is 1.53. The first-order chi connectivity index (χ1) is 8.11. The smallest absolute Gasteiger partial charge is 0.122 e. The van der Waals surface area contributed by atoms with Gasteiger partial charge in [-0.1, -0.05) is 33.6 Å². The maximum absolute atomic E-state index is 8.87. The van der Waals surface area contributed by atoms with Crippen LogP contribution < -0.4 is 5.73 Å². The van der Waals surface area contributed by atoms with Crippen molar-refractivity contribution < 1.29 is 5.11 Å². The van der Waals surface area contributed by atoms with Crippen LogP contribution in [0.3, 0.4) is 0 Å². The molecule has 90 valence electrons. The van der Waals surface area contributed by atoms with Crippen LogP contribution in [0, 0.1) is 0 Å². The van der Waals surface area contributed by atoms with Gasteiger partial charge in [-0.25, -0.2) is 4.68 Å². The van der Waals surface area contributed by atoms with Crippen LogP contribution in [0.4, 0.5) is 5.82 Å². The molecule has 3 N–H and O–H groups in total. The molecule has 0 saturated heterocycles. The number of nitrogens with zero attached hydrogens (tertiary/aromatic N) is 2. The number of aliphatic hydroxyl groups is 1.